The first kappa shape index (κ1) is 26.5. The van der Waals surface area contributed by atoms with Gasteiger partial charge in [-0.2, -0.15) is 0 Å². The highest BCUT2D eigenvalue weighted by Crippen LogP contribution is 2.38. The molecule has 1 aliphatic heterocycles. The lowest BCUT2D eigenvalue weighted by Gasteiger charge is -2.34. The zero-order valence-corrected chi connectivity index (χ0v) is 21.7. The second-order valence-electron chi connectivity index (χ2n) is 9.03. The minimum absolute atomic E-state index is 0.0242. The summed E-state index contributed by atoms with van der Waals surface area (Å²) >= 11 is 6.50. The SMILES string of the molecule is COCCCOc1cc(CN(C(=O)[C@H]2CNC[C@@H](COc3ccccc3)O2)C2CC2)cc(Cl)c1OC. The summed E-state index contributed by atoms with van der Waals surface area (Å²) in [4.78, 5) is 15.5. The van der Waals surface area contributed by atoms with Gasteiger partial charge in [-0.15, -0.1) is 0 Å². The number of rotatable bonds is 13. The van der Waals surface area contributed by atoms with Crippen molar-refractivity contribution in [3.05, 3.63) is 53.1 Å². The van der Waals surface area contributed by atoms with Gasteiger partial charge in [-0.3, -0.25) is 4.79 Å². The summed E-state index contributed by atoms with van der Waals surface area (Å²) < 4.78 is 28.5. The molecule has 1 aliphatic carbocycles. The van der Waals surface area contributed by atoms with Crippen molar-refractivity contribution in [2.24, 2.45) is 0 Å². The number of morpholine rings is 1. The number of methoxy groups -OCH3 is 2. The zero-order valence-electron chi connectivity index (χ0n) is 20.9. The van der Waals surface area contributed by atoms with Crippen LogP contribution in [0.2, 0.25) is 5.02 Å². The second-order valence-corrected chi connectivity index (χ2v) is 9.44. The normalized spacial score (nSPS) is 19.5. The Balaban J connectivity index is 1.40. The molecule has 36 heavy (non-hydrogen) atoms. The molecule has 1 saturated heterocycles. The molecule has 1 N–H and O–H groups in total. The van der Waals surface area contributed by atoms with Crippen molar-refractivity contribution in [3.8, 4) is 17.2 Å². The highest BCUT2D eigenvalue weighted by molar-refractivity contribution is 6.32. The van der Waals surface area contributed by atoms with E-state index < -0.39 is 6.10 Å². The summed E-state index contributed by atoms with van der Waals surface area (Å²) in [5.41, 5.74) is 0.885. The molecule has 2 fully saturated rings. The summed E-state index contributed by atoms with van der Waals surface area (Å²) in [6, 6.07) is 13.5. The number of nitrogens with one attached hydrogen (secondary N) is 1. The van der Waals surface area contributed by atoms with Gasteiger partial charge in [0.1, 0.15) is 24.6 Å². The fraction of sp³-hybridized carbons (Fsp3) is 0.519. The van der Waals surface area contributed by atoms with E-state index in [4.69, 9.17) is 35.3 Å². The lowest BCUT2D eigenvalue weighted by atomic mass is 10.1. The number of halogens is 1. The van der Waals surface area contributed by atoms with Crippen LogP contribution in [-0.4, -0.2) is 76.2 Å². The molecule has 4 rings (SSSR count). The van der Waals surface area contributed by atoms with Crippen LogP contribution in [0.5, 0.6) is 17.2 Å². The smallest absolute Gasteiger partial charge is 0.253 e. The molecule has 0 aromatic heterocycles. The van der Waals surface area contributed by atoms with E-state index in [1.807, 2.05) is 47.4 Å². The van der Waals surface area contributed by atoms with Gasteiger partial charge in [-0.1, -0.05) is 29.8 Å². The molecule has 2 aromatic rings. The number of hydrogen-bond acceptors (Lipinski definition) is 7. The van der Waals surface area contributed by atoms with Gasteiger partial charge in [0.15, 0.2) is 11.5 Å². The summed E-state index contributed by atoms with van der Waals surface area (Å²) in [7, 11) is 3.22. The van der Waals surface area contributed by atoms with Crippen LogP contribution in [0.4, 0.5) is 0 Å². The first-order chi connectivity index (χ1) is 17.6. The Morgan fingerprint density at radius 2 is 1.92 bits per heavy atom. The molecular weight excluding hydrogens is 484 g/mol. The standard InChI is InChI=1S/C27H35ClN2O6/c1-32-11-6-12-34-24-14-19(13-23(28)26(24)33-2)17-30(20-9-10-20)27(31)25-16-29-15-22(36-25)18-35-21-7-4-3-5-8-21/h3-5,7-8,13-14,20,22,25,29H,6,9-12,15-18H2,1-2H3/t22-,25+/m0/s1. The van der Waals surface area contributed by atoms with Crippen molar-refractivity contribution in [2.45, 2.75) is 44.1 Å². The highest BCUT2D eigenvalue weighted by atomic mass is 35.5. The molecule has 2 atom stereocenters. The van der Waals surface area contributed by atoms with E-state index in [-0.39, 0.29) is 18.1 Å². The summed E-state index contributed by atoms with van der Waals surface area (Å²) in [6.07, 6.45) is 1.93. The van der Waals surface area contributed by atoms with E-state index in [1.165, 1.54) is 0 Å². The quantitative estimate of drug-likeness (QED) is 0.405. The van der Waals surface area contributed by atoms with E-state index in [9.17, 15) is 4.79 Å². The van der Waals surface area contributed by atoms with E-state index in [0.717, 1.165) is 30.6 Å². The van der Waals surface area contributed by atoms with Crippen molar-refractivity contribution < 1.29 is 28.5 Å². The van der Waals surface area contributed by atoms with Crippen LogP contribution in [0.3, 0.4) is 0 Å². The van der Waals surface area contributed by atoms with Gasteiger partial charge in [0.05, 0.1) is 18.7 Å². The van der Waals surface area contributed by atoms with Crippen molar-refractivity contribution in [1.82, 2.24) is 10.2 Å². The third-order valence-corrected chi connectivity index (χ3v) is 6.44. The molecule has 1 heterocycles. The monoisotopic (exact) mass is 518 g/mol. The van der Waals surface area contributed by atoms with Crippen molar-refractivity contribution >= 4 is 17.5 Å². The number of para-hydroxylation sites is 1. The lowest BCUT2D eigenvalue weighted by Crippen LogP contribution is -2.54. The zero-order chi connectivity index (χ0) is 25.3. The molecule has 1 amide bonds. The minimum atomic E-state index is -0.567. The fourth-order valence-corrected chi connectivity index (χ4v) is 4.52. The van der Waals surface area contributed by atoms with Crippen LogP contribution in [0.15, 0.2) is 42.5 Å². The van der Waals surface area contributed by atoms with Crippen LogP contribution >= 0.6 is 11.6 Å². The first-order valence-electron chi connectivity index (χ1n) is 12.4. The van der Waals surface area contributed by atoms with E-state index >= 15 is 0 Å². The van der Waals surface area contributed by atoms with E-state index in [2.05, 4.69) is 5.32 Å². The van der Waals surface area contributed by atoms with Gasteiger partial charge in [-0.25, -0.2) is 0 Å². The Morgan fingerprint density at radius 1 is 1.11 bits per heavy atom. The molecule has 0 spiro atoms. The summed E-state index contributed by atoms with van der Waals surface area (Å²) in [5.74, 6) is 1.81. The third kappa shape index (κ3) is 7.26. The largest absolute Gasteiger partial charge is 0.491 e. The van der Waals surface area contributed by atoms with Crippen molar-refractivity contribution in [1.29, 1.82) is 0 Å². The van der Waals surface area contributed by atoms with E-state index in [0.29, 0.717) is 56.0 Å². The van der Waals surface area contributed by atoms with Gasteiger partial charge >= 0.3 is 0 Å². The molecular formula is C27H35ClN2O6. The number of benzene rings is 2. The van der Waals surface area contributed by atoms with Gasteiger partial charge in [0.25, 0.3) is 5.91 Å². The number of ether oxygens (including phenoxy) is 5. The molecule has 1 saturated carbocycles. The number of hydrogen-bond donors (Lipinski definition) is 1. The van der Waals surface area contributed by atoms with Gasteiger partial charge < -0.3 is 33.9 Å². The Hall–Kier alpha value is -2.52. The predicted octanol–water partition coefficient (Wildman–Crippen LogP) is 3.69. The lowest BCUT2D eigenvalue weighted by molar-refractivity contribution is -0.153. The van der Waals surface area contributed by atoms with Crippen LogP contribution in [0.25, 0.3) is 0 Å². The number of carbonyl (C=O) groups excluding carboxylic acids is 1. The van der Waals surface area contributed by atoms with Crippen LogP contribution in [-0.2, 0) is 20.8 Å². The average molecular weight is 519 g/mol. The van der Waals surface area contributed by atoms with E-state index in [1.54, 1.807) is 14.2 Å². The second kappa shape index (κ2) is 13.1. The highest BCUT2D eigenvalue weighted by Gasteiger charge is 2.38. The third-order valence-electron chi connectivity index (χ3n) is 6.16. The first-order valence-corrected chi connectivity index (χ1v) is 12.8. The maximum Gasteiger partial charge on any atom is 0.253 e. The Labute approximate surface area is 217 Å². The number of nitrogens with zero attached hydrogens (tertiary/aromatic N) is 1. The number of carbonyl (C=O) groups is 1. The molecule has 2 aromatic carbocycles. The van der Waals surface area contributed by atoms with Crippen molar-refractivity contribution in [3.63, 3.8) is 0 Å². The maximum atomic E-state index is 13.6. The average Bonchev–Trinajstić information content (AvgIpc) is 3.74. The molecule has 8 nitrogen and oxygen atoms in total. The van der Waals surface area contributed by atoms with Crippen LogP contribution in [0.1, 0.15) is 24.8 Å². The Bertz CT molecular complexity index is 988. The van der Waals surface area contributed by atoms with Gasteiger partial charge in [0.2, 0.25) is 0 Å². The van der Waals surface area contributed by atoms with Crippen molar-refractivity contribution in [2.75, 3.05) is 47.1 Å². The number of amides is 1. The van der Waals surface area contributed by atoms with Crippen LogP contribution in [0, 0.1) is 0 Å². The predicted molar refractivity (Wildman–Crippen MR) is 137 cm³/mol. The Kier molecular flexibility index (Phi) is 9.69. The summed E-state index contributed by atoms with van der Waals surface area (Å²) in [6.45, 7) is 2.99. The molecule has 0 unspecified atom stereocenters. The Morgan fingerprint density at radius 3 is 2.64 bits per heavy atom. The van der Waals surface area contributed by atoms with Crippen LogP contribution < -0.4 is 19.5 Å². The minimum Gasteiger partial charge on any atom is -0.491 e. The van der Waals surface area contributed by atoms with Gasteiger partial charge in [0, 0.05) is 45.8 Å². The maximum absolute atomic E-state index is 13.6. The fourth-order valence-electron chi connectivity index (χ4n) is 4.21. The van der Waals surface area contributed by atoms with Gasteiger partial charge in [-0.05, 0) is 42.7 Å². The topological polar surface area (TPSA) is 78.5 Å². The summed E-state index contributed by atoms with van der Waals surface area (Å²) in [5, 5.41) is 3.78. The molecule has 0 bridgehead atoms. The molecule has 0 radical (unpaired) electrons. The molecule has 196 valence electrons. The molecule has 9 heteroatoms. The molecule has 2 aliphatic rings.